The van der Waals surface area contributed by atoms with Gasteiger partial charge in [-0.2, -0.15) is 0 Å². The van der Waals surface area contributed by atoms with Gasteiger partial charge in [0.1, 0.15) is 0 Å². The number of hydrogen-bond acceptors (Lipinski definition) is 3. The van der Waals surface area contributed by atoms with E-state index in [4.69, 9.17) is 5.73 Å². The molecule has 0 aliphatic heterocycles. The molecule has 1 fully saturated rings. The lowest BCUT2D eigenvalue weighted by Crippen LogP contribution is -2.46. The van der Waals surface area contributed by atoms with E-state index in [0.29, 0.717) is 13.0 Å². The molecule has 18 heavy (non-hydrogen) atoms. The molecule has 4 nitrogen and oxygen atoms in total. The van der Waals surface area contributed by atoms with Gasteiger partial charge < -0.3 is 16.4 Å². The zero-order chi connectivity index (χ0) is 13.6. The van der Waals surface area contributed by atoms with Crippen molar-refractivity contribution in [2.45, 2.75) is 64.5 Å². The highest BCUT2D eigenvalue weighted by Crippen LogP contribution is 2.33. The Morgan fingerprint density at radius 3 is 2.56 bits per heavy atom. The molecule has 1 aliphatic rings. The van der Waals surface area contributed by atoms with E-state index in [1.54, 1.807) is 0 Å². The number of hydrogen-bond donors (Lipinski definition) is 3. The van der Waals surface area contributed by atoms with E-state index >= 15 is 0 Å². The maximum absolute atomic E-state index is 11.8. The van der Waals surface area contributed by atoms with Gasteiger partial charge in [0.15, 0.2) is 0 Å². The fraction of sp³-hybridized carbons (Fsp3) is 0.929. The van der Waals surface area contributed by atoms with Crippen LogP contribution in [0, 0.1) is 5.92 Å². The molecule has 1 aliphatic carbocycles. The van der Waals surface area contributed by atoms with E-state index in [9.17, 15) is 4.79 Å². The Morgan fingerprint density at radius 2 is 2.06 bits per heavy atom. The van der Waals surface area contributed by atoms with Gasteiger partial charge >= 0.3 is 0 Å². The van der Waals surface area contributed by atoms with Gasteiger partial charge in [-0.15, -0.1) is 0 Å². The van der Waals surface area contributed by atoms with E-state index < -0.39 is 0 Å². The highest BCUT2D eigenvalue weighted by atomic mass is 16.1. The topological polar surface area (TPSA) is 67.2 Å². The lowest BCUT2D eigenvalue weighted by molar-refractivity contribution is -0.122. The zero-order valence-electron chi connectivity index (χ0n) is 12.1. The summed E-state index contributed by atoms with van der Waals surface area (Å²) < 4.78 is 0. The molecule has 0 aromatic carbocycles. The second-order valence-electron chi connectivity index (χ2n) is 6.47. The summed E-state index contributed by atoms with van der Waals surface area (Å²) in [6.45, 7) is 7.46. The molecule has 0 radical (unpaired) electrons. The summed E-state index contributed by atoms with van der Waals surface area (Å²) in [6, 6.07) is 0.103. The monoisotopic (exact) mass is 255 g/mol. The molecule has 0 spiro atoms. The van der Waals surface area contributed by atoms with Crippen LogP contribution in [0.4, 0.5) is 0 Å². The first kappa shape index (κ1) is 15.4. The second-order valence-corrected chi connectivity index (χ2v) is 6.47. The third kappa shape index (κ3) is 7.67. The predicted molar refractivity (Wildman–Crippen MR) is 75.3 cm³/mol. The van der Waals surface area contributed by atoms with Crippen molar-refractivity contribution < 1.29 is 4.79 Å². The van der Waals surface area contributed by atoms with Crippen LogP contribution in [-0.4, -0.2) is 30.6 Å². The molecule has 1 rings (SSSR count). The van der Waals surface area contributed by atoms with Crippen LogP contribution in [-0.2, 0) is 4.79 Å². The average Bonchev–Trinajstić information content (AvgIpc) is 3.03. The summed E-state index contributed by atoms with van der Waals surface area (Å²) in [5.74, 6) is 1.06. The highest BCUT2D eigenvalue weighted by Gasteiger charge is 2.21. The van der Waals surface area contributed by atoms with Crippen molar-refractivity contribution in [3.8, 4) is 0 Å². The van der Waals surface area contributed by atoms with Crippen LogP contribution in [0.15, 0.2) is 0 Å². The van der Waals surface area contributed by atoms with Crippen LogP contribution >= 0.6 is 0 Å². The normalized spacial score (nSPS) is 17.6. The molecule has 4 N–H and O–H groups in total. The van der Waals surface area contributed by atoms with Gasteiger partial charge in [-0.3, -0.25) is 4.79 Å². The van der Waals surface area contributed by atoms with Crippen LogP contribution in [0.1, 0.15) is 52.9 Å². The van der Waals surface area contributed by atoms with E-state index in [1.807, 2.05) is 20.8 Å². The number of carbonyl (C=O) groups is 1. The van der Waals surface area contributed by atoms with E-state index in [2.05, 4.69) is 10.6 Å². The van der Waals surface area contributed by atoms with Gasteiger partial charge in [0.05, 0.1) is 0 Å². The summed E-state index contributed by atoms with van der Waals surface area (Å²) in [5.41, 5.74) is 5.53. The van der Waals surface area contributed by atoms with Gasteiger partial charge in [0.2, 0.25) is 5.91 Å². The Hall–Kier alpha value is -0.610. The first-order valence-electron chi connectivity index (χ1n) is 7.15. The third-order valence-electron chi connectivity index (χ3n) is 3.15. The molecule has 0 aromatic rings. The minimum Gasteiger partial charge on any atom is -0.351 e. The molecule has 1 amide bonds. The Morgan fingerprint density at radius 1 is 1.39 bits per heavy atom. The SMILES string of the molecule is CC(C)(C)NC(=O)CC(CN)NCCCC1CC1. The second kappa shape index (κ2) is 7.10. The van der Waals surface area contributed by atoms with Crippen molar-refractivity contribution in [3.63, 3.8) is 0 Å². The van der Waals surface area contributed by atoms with Crippen LogP contribution in [0.3, 0.4) is 0 Å². The molecule has 0 bridgehead atoms. The number of rotatable bonds is 8. The fourth-order valence-electron chi connectivity index (χ4n) is 2.04. The van der Waals surface area contributed by atoms with E-state index in [1.165, 1.54) is 25.7 Å². The Balaban J connectivity index is 2.12. The molecular weight excluding hydrogens is 226 g/mol. The van der Waals surface area contributed by atoms with Crippen molar-refractivity contribution in [1.82, 2.24) is 10.6 Å². The first-order chi connectivity index (χ1) is 8.40. The maximum Gasteiger partial charge on any atom is 0.222 e. The minimum atomic E-state index is -0.164. The molecule has 1 unspecified atom stereocenters. The van der Waals surface area contributed by atoms with Crippen LogP contribution < -0.4 is 16.4 Å². The summed E-state index contributed by atoms with van der Waals surface area (Å²) in [6.07, 6.45) is 5.81. The van der Waals surface area contributed by atoms with Crippen LogP contribution in [0.5, 0.6) is 0 Å². The maximum atomic E-state index is 11.8. The summed E-state index contributed by atoms with van der Waals surface area (Å²) in [4.78, 5) is 11.8. The van der Waals surface area contributed by atoms with Crippen LogP contribution in [0.25, 0.3) is 0 Å². The van der Waals surface area contributed by atoms with Gasteiger partial charge in [-0.1, -0.05) is 12.8 Å². The van der Waals surface area contributed by atoms with Crippen molar-refractivity contribution in [1.29, 1.82) is 0 Å². The summed E-state index contributed by atoms with van der Waals surface area (Å²) in [7, 11) is 0. The largest absolute Gasteiger partial charge is 0.351 e. The molecule has 0 saturated heterocycles. The summed E-state index contributed by atoms with van der Waals surface area (Å²) >= 11 is 0. The molecule has 0 heterocycles. The van der Waals surface area contributed by atoms with E-state index in [0.717, 1.165) is 12.5 Å². The number of nitrogens with two attached hydrogens (primary N) is 1. The van der Waals surface area contributed by atoms with Crippen molar-refractivity contribution in [2.24, 2.45) is 11.7 Å². The smallest absolute Gasteiger partial charge is 0.222 e. The average molecular weight is 255 g/mol. The predicted octanol–water partition coefficient (Wildman–Crippen LogP) is 1.40. The van der Waals surface area contributed by atoms with Gasteiger partial charge in [-0.25, -0.2) is 0 Å². The Labute approximate surface area is 111 Å². The Kier molecular flexibility index (Phi) is 6.09. The molecule has 1 atom stereocenters. The molecule has 4 heteroatoms. The lowest BCUT2D eigenvalue weighted by Gasteiger charge is -2.23. The molecular formula is C14H29N3O. The lowest BCUT2D eigenvalue weighted by atomic mass is 10.1. The standard InChI is InChI=1S/C14H29N3O/c1-14(2,3)17-13(18)9-12(10-15)16-8-4-5-11-6-7-11/h11-12,16H,4-10,15H2,1-3H3,(H,17,18). The van der Waals surface area contributed by atoms with Gasteiger partial charge in [-0.05, 0) is 46.1 Å². The van der Waals surface area contributed by atoms with Crippen molar-refractivity contribution in [3.05, 3.63) is 0 Å². The van der Waals surface area contributed by atoms with Crippen molar-refractivity contribution >= 4 is 5.91 Å². The van der Waals surface area contributed by atoms with Gasteiger partial charge in [0.25, 0.3) is 0 Å². The zero-order valence-corrected chi connectivity index (χ0v) is 12.1. The van der Waals surface area contributed by atoms with Crippen LogP contribution in [0.2, 0.25) is 0 Å². The fourth-order valence-corrected chi connectivity index (χ4v) is 2.04. The first-order valence-corrected chi connectivity index (χ1v) is 7.15. The Bertz CT molecular complexity index is 256. The van der Waals surface area contributed by atoms with Crippen molar-refractivity contribution in [2.75, 3.05) is 13.1 Å². The molecule has 0 aromatic heterocycles. The molecule has 1 saturated carbocycles. The number of nitrogens with one attached hydrogen (secondary N) is 2. The number of amides is 1. The highest BCUT2D eigenvalue weighted by molar-refractivity contribution is 5.77. The quantitative estimate of drug-likeness (QED) is 0.574. The third-order valence-corrected chi connectivity index (χ3v) is 3.15. The number of carbonyl (C=O) groups excluding carboxylic acids is 1. The van der Waals surface area contributed by atoms with Gasteiger partial charge in [0, 0.05) is 24.5 Å². The molecule has 106 valence electrons. The van der Waals surface area contributed by atoms with E-state index in [-0.39, 0.29) is 17.5 Å². The summed E-state index contributed by atoms with van der Waals surface area (Å²) in [5, 5.41) is 6.35. The minimum absolute atomic E-state index is 0.0765.